The van der Waals surface area contributed by atoms with Gasteiger partial charge in [-0.2, -0.15) is 0 Å². The van der Waals surface area contributed by atoms with E-state index in [-0.39, 0.29) is 12.4 Å². The third kappa shape index (κ3) is 3.89. The van der Waals surface area contributed by atoms with Crippen molar-refractivity contribution >= 4 is 12.4 Å². The first-order chi connectivity index (χ1) is 10.9. The Bertz CT molecular complexity index is 489. The van der Waals surface area contributed by atoms with E-state index >= 15 is 0 Å². The molecule has 0 atom stereocenters. The molecule has 0 spiro atoms. The number of nitrogens with one attached hydrogen (secondary N) is 1. The summed E-state index contributed by atoms with van der Waals surface area (Å²) in [4.78, 5) is 2.69. The Morgan fingerprint density at radius 3 is 2.52 bits per heavy atom. The van der Waals surface area contributed by atoms with Crippen molar-refractivity contribution in [1.82, 2.24) is 25.0 Å². The highest BCUT2D eigenvalue weighted by molar-refractivity contribution is 5.85. The van der Waals surface area contributed by atoms with Crippen LogP contribution in [-0.4, -0.2) is 52.4 Å². The van der Waals surface area contributed by atoms with Crippen LogP contribution in [0.1, 0.15) is 56.1 Å². The number of piperidine rings is 2. The zero-order valence-corrected chi connectivity index (χ0v) is 14.9. The van der Waals surface area contributed by atoms with Gasteiger partial charge < -0.3 is 14.8 Å². The van der Waals surface area contributed by atoms with Crippen molar-refractivity contribution in [3.8, 4) is 0 Å². The molecule has 3 aliphatic heterocycles. The summed E-state index contributed by atoms with van der Waals surface area (Å²) in [6, 6.07) is 0. The van der Waals surface area contributed by atoms with Crippen molar-refractivity contribution in [2.24, 2.45) is 5.92 Å². The molecule has 0 amide bonds. The van der Waals surface area contributed by atoms with Crippen molar-refractivity contribution in [2.75, 3.05) is 32.7 Å². The summed E-state index contributed by atoms with van der Waals surface area (Å²) < 4.78 is 2.43. The maximum Gasteiger partial charge on any atom is 0.136 e. The monoisotopic (exact) mass is 339 g/mol. The highest BCUT2D eigenvalue weighted by Gasteiger charge is 2.28. The summed E-state index contributed by atoms with van der Waals surface area (Å²) in [6.45, 7) is 7.38. The SMILES string of the molecule is C1CCn2c(nnc2C2CCN(CC3CCNCC3)CC2)C1.Cl. The van der Waals surface area contributed by atoms with Crippen LogP contribution in [0.5, 0.6) is 0 Å². The van der Waals surface area contributed by atoms with Gasteiger partial charge in [-0.05, 0) is 70.6 Å². The minimum atomic E-state index is 0. The third-order valence-corrected chi connectivity index (χ3v) is 5.82. The summed E-state index contributed by atoms with van der Waals surface area (Å²) in [5, 5.41) is 12.5. The maximum atomic E-state index is 4.55. The molecule has 0 aromatic carbocycles. The molecular formula is C17H30ClN5. The Morgan fingerprint density at radius 2 is 1.74 bits per heavy atom. The van der Waals surface area contributed by atoms with E-state index in [1.807, 2.05) is 0 Å². The van der Waals surface area contributed by atoms with Gasteiger partial charge in [-0.1, -0.05) is 0 Å². The lowest BCUT2D eigenvalue weighted by molar-refractivity contribution is 0.164. The molecule has 4 heterocycles. The number of aromatic nitrogens is 3. The topological polar surface area (TPSA) is 46.0 Å². The van der Waals surface area contributed by atoms with Crippen molar-refractivity contribution in [2.45, 2.75) is 57.4 Å². The molecule has 5 nitrogen and oxygen atoms in total. The predicted octanol–water partition coefficient (Wildman–Crippen LogP) is 2.22. The average molecular weight is 340 g/mol. The van der Waals surface area contributed by atoms with Crippen LogP contribution >= 0.6 is 12.4 Å². The summed E-state index contributed by atoms with van der Waals surface area (Å²) >= 11 is 0. The number of hydrogen-bond acceptors (Lipinski definition) is 4. The molecule has 2 saturated heterocycles. The van der Waals surface area contributed by atoms with Gasteiger partial charge in [0.1, 0.15) is 11.6 Å². The van der Waals surface area contributed by atoms with Crippen LogP contribution in [0.3, 0.4) is 0 Å². The standard InChI is InChI=1S/C17H29N5.ClH/c1-2-10-22-16(3-1)19-20-17(22)15-6-11-21(12-7-15)13-14-4-8-18-9-5-14;/h14-15,18H,1-13H2;1H. The Kier molecular flexibility index (Phi) is 5.94. The minimum absolute atomic E-state index is 0. The largest absolute Gasteiger partial charge is 0.317 e. The van der Waals surface area contributed by atoms with E-state index in [2.05, 4.69) is 25.0 Å². The van der Waals surface area contributed by atoms with Gasteiger partial charge in [-0.15, -0.1) is 22.6 Å². The van der Waals surface area contributed by atoms with E-state index < -0.39 is 0 Å². The van der Waals surface area contributed by atoms with Gasteiger partial charge in [0.25, 0.3) is 0 Å². The van der Waals surface area contributed by atoms with Gasteiger partial charge >= 0.3 is 0 Å². The van der Waals surface area contributed by atoms with Crippen LogP contribution < -0.4 is 5.32 Å². The number of hydrogen-bond donors (Lipinski definition) is 1. The minimum Gasteiger partial charge on any atom is -0.317 e. The van der Waals surface area contributed by atoms with E-state index in [9.17, 15) is 0 Å². The summed E-state index contributed by atoms with van der Waals surface area (Å²) in [5.41, 5.74) is 0. The second-order valence-electron chi connectivity index (χ2n) is 7.35. The lowest BCUT2D eigenvalue weighted by Gasteiger charge is -2.35. The molecule has 0 bridgehead atoms. The van der Waals surface area contributed by atoms with Crippen molar-refractivity contribution < 1.29 is 0 Å². The van der Waals surface area contributed by atoms with Crippen LogP contribution in [-0.2, 0) is 13.0 Å². The zero-order chi connectivity index (χ0) is 14.8. The molecule has 0 saturated carbocycles. The van der Waals surface area contributed by atoms with E-state index in [4.69, 9.17) is 0 Å². The number of fused-ring (bicyclic) bond motifs is 1. The number of likely N-dealkylation sites (tertiary alicyclic amines) is 1. The van der Waals surface area contributed by atoms with Crippen LogP contribution in [0.25, 0.3) is 0 Å². The maximum absolute atomic E-state index is 4.55. The van der Waals surface area contributed by atoms with Crippen LogP contribution in [0.4, 0.5) is 0 Å². The molecule has 1 aromatic rings. The van der Waals surface area contributed by atoms with Crippen molar-refractivity contribution in [3.63, 3.8) is 0 Å². The van der Waals surface area contributed by atoms with Crippen molar-refractivity contribution in [1.29, 1.82) is 0 Å². The average Bonchev–Trinajstić information content (AvgIpc) is 3.01. The molecule has 0 radical (unpaired) electrons. The quantitative estimate of drug-likeness (QED) is 0.917. The third-order valence-electron chi connectivity index (χ3n) is 5.82. The second kappa shape index (κ2) is 7.95. The Morgan fingerprint density at radius 1 is 0.957 bits per heavy atom. The van der Waals surface area contributed by atoms with Gasteiger partial charge in [0, 0.05) is 25.4 Å². The van der Waals surface area contributed by atoms with Crippen molar-refractivity contribution in [3.05, 3.63) is 11.6 Å². The van der Waals surface area contributed by atoms with Gasteiger partial charge in [0.15, 0.2) is 0 Å². The highest BCUT2D eigenvalue weighted by atomic mass is 35.5. The molecule has 0 unspecified atom stereocenters. The Labute approximate surface area is 145 Å². The molecule has 0 aliphatic carbocycles. The van der Waals surface area contributed by atoms with Gasteiger partial charge in [0.05, 0.1) is 0 Å². The summed E-state index contributed by atoms with van der Waals surface area (Å²) in [5.74, 6) is 4.08. The first-order valence-electron chi connectivity index (χ1n) is 9.25. The zero-order valence-electron chi connectivity index (χ0n) is 14.0. The second-order valence-corrected chi connectivity index (χ2v) is 7.35. The lowest BCUT2D eigenvalue weighted by Crippen LogP contribution is -2.40. The normalized spacial score (nSPS) is 24.2. The molecule has 130 valence electrons. The van der Waals surface area contributed by atoms with Gasteiger partial charge in [0.2, 0.25) is 0 Å². The van der Waals surface area contributed by atoms with Crippen LogP contribution in [0, 0.1) is 5.92 Å². The lowest BCUT2D eigenvalue weighted by atomic mass is 9.92. The molecule has 1 N–H and O–H groups in total. The smallest absolute Gasteiger partial charge is 0.136 e. The number of nitrogens with zero attached hydrogens (tertiary/aromatic N) is 4. The highest BCUT2D eigenvalue weighted by Crippen LogP contribution is 2.29. The Balaban J connectivity index is 0.00000156. The fourth-order valence-electron chi connectivity index (χ4n) is 4.44. The Hall–Kier alpha value is -0.650. The fraction of sp³-hybridized carbons (Fsp3) is 0.882. The molecule has 3 aliphatic rings. The summed E-state index contributed by atoms with van der Waals surface area (Å²) in [7, 11) is 0. The van der Waals surface area contributed by atoms with Crippen LogP contribution in [0.2, 0.25) is 0 Å². The number of aryl methyl sites for hydroxylation is 1. The van der Waals surface area contributed by atoms with E-state index in [1.165, 1.54) is 82.9 Å². The first-order valence-corrected chi connectivity index (χ1v) is 9.25. The van der Waals surface area contributed by atoms with E-state index in [0.717, 1.165) is 18.9 Å². The predicted molar refractivity (Wildman–Crippen MR) is 94.2 cm³/mol. The van der Waals surface area contributed by atoms with Gasteiger partial charge in [-0.25, -0.2) is 0 Å². The first kappa shape index (κ1) is 17.2. The fourth-order valence-corrected chi connectivity index (χ4v) is 4.44. The summed E-state index contributed by atoms with van der Waals surface area (Å²) in [6.07, 6.45) is 8.96. The molecule has 1 aromatic heterocycles. The number of halogens is 1. The molecule has 2 fully saturated rings. The van der Waals surface area contributed by atoms with E-state index in [0.29, 0.717) is 5.92 Å². The molecule has 6 heteroatoms. The van der Waals surface area contributed by atoms with Crippen LogP contribution in [0.15, 0.2) is 0 Å². The number of rotatable bonds is 3. The van der Waals surface area contributed by atoms with E-state index in [1.54, 1.807) is 0 Å². The van der Waals surface area contributed by atoms with Gasteiger partial charge in [-0.3, -0.25) is 0 Å². The molecule has 4 rings (SSSR count). The molecular weight excluding hydrogens is 310 g/mol. The molecule has 23 heavy (non-hydrogen) atoms.